The lowest BCUT2D eigenvalue weighted by Gasteiger charge is -2.09. The number of aromatic nitrogens is 2. The number of halogens is 1. The molecule has 2 aromatic rings. The van der Waals surface area contributed by atoms with Crippen LogP contribution in [0.1, 0.15) is 23.9 Å². The first kappa shape index (κ1) is 14.1. The molecule has 0 aliphatic carbocycles. The average molecular weight is 278 g/mol. The van der Waals surface area contributed by atoms with Crippen LogP contribution < -0.4 is 5.73 Å². The molecule has 0 amide bonds. The van der Waals surface area contributed by atoms with Crippen LogP contribution in [0.5, 0.6) is 0 Å². The summed E-state index contributed by atoms with van der Waals surface area (Å²) in [6.07, 6.45) is 0.967. The molecule has 2 N–H and O–H groups in total. The Morgan fingerprint density at radius 2 is 2.11 bits per heavy atom. The molecule has 1 unspecified atom stereocenters. The van der Waals surface area contributed by atoms with E-state index in [0.29, 0.717) is 12.5 Å². The molecule has 102 valence electrons. The Balaban J connectivity index is 2.41. The molecular formula is C15H20ClN3. The Kier molecular flexibility index (Phi) is 4.27. The number of hydrogen-bond acceptors (Lipinski definition) is 2. The topological polar surface area (TPSA) is 43.8 Å². The fraction of sp³-hybridized carbons (Fsp3) is 0.400. The first-order valence-electron chi connectivity index (χ1n) is 6.54. The third-order valence-corrected chi connectivity index (χ3v) is 3.68. The fourth-order valence-corrected chi connectivity index (χ4v) is 2.45. The second-order valence-electron chi connectivity index (χ2n) is 5.09. The fourth-order valence-electron chi connectivity index (χ4n) is 2.26. The third kappa shape index (κ3) is 2.99. The van der Waals surface area contributed by atoms with Crippen molar-refractivity contribution in [3.8, 4) is 5.69 Å². The molecule has 1 atom stereocenters. The maximum atomic E-state index is 6.04. The molecule has 1 heterocycles. The van der Waals surface area contributed by atoms with E-state index in [4.69, 9.17) is 17.3 Å². The summed E-state index contributed by atoms with van der Waals surface area (Å²) in [5.74, 6) is 0.467. The molecule has 0 saturated heterocycles. The molecular weight excluding hydrogens is 258 g/mol. The van der Waals surface area contributed by atoms with Gasteiger partial charge in [0, 0.05) is 10.7 Å². The number of nitrogens with two attached hydrogens (primary N) is 1. The molecule has 1 aromatic heterocycles. The molecule has 0 aliphatic heterocycles. The van der Waals surface area contributed by atoms with Crippen molar-refractivity contribution in [2.24, 2.45) is 11.7 Å². The van der Waals surface area contributed by atoms with Crippen molar-refractivity contribution in [1.29, 1.82) is 0 Å². The highest BCUT2D eigenvalue weighted by Crippen LogP contribution is 2.22. The van der Waals surface area contributed by atoms with Crippen molar-refractivity contribution in [3.05, 3.63) is 46.2 Å². The number of hydrogen-bond donors (Lipinski definition) is 1. The number of aryl methyl sites for hydroxylation is 1. The smallest absolute Gasteiger partial charge is 0.0663 e. The van der Waals surface area contributed by atoms with Crippen molar-refractivity contribution >= 4 is 11.6 Å². The van der Waals surface area contributed by atoms with Crippen molar-refractivity contribution in [3.63, 3.8) is 0 Å². The minimum atomic E-state index is 0.467. The standard InChI is InChI=1S/C15H20ClN3/c1-10(9-17)7-15-11(2)18-19(12(15)3)14-6-4-5-13(16)8-14/h4-6,8,10H,7,9,17H2,1-3H3. The van der Waals surface area contributed by atoms with Crippen molar-refractivity contribution < 1.29 is 0 Å². The van der Waals surface area contributed by atoms with Gasteiger partial charge < -0.3 is 5.73 Å². The van der Waals surface area contributed by atoms with E-state index in [1.54, 1.807) is 0 Å². The van der Waals surface area contributed by atoms with Gasteiger partial charge in [-0.05, 0) is 56.5 Å². The van der Waals surface area contributed by atoms with Crippen LogP contribution in [0.15, 0.2) is 24.3 Å². The molecule has 0 radical (unpaired) electrons. The van der Waals surface area contributed by atoms with E-state index >= 15 is 0 Å². The Morgan fingerprint density at radius 3 is 2.74 bits per heavy atom. The summed E-state index contributed by atoms with van der Waals surface area (Å²) in [5.41, 5.74) is 10.2. The molecule has 1 aromatic carbocycles. The van der Waals surface area contributed by atoms with Crippen LogP contribution in [-0.4, -0.2) is 16.3 Å². The van der Waals surface area contributed by atoms with Gasteiger partial charge in [0.15, 0.2) is 0 Å². The minimum absolute atomic E-state index is 0.467. The lowest BCUT2D eigenvalue weighted by molar-refractivity contribution is 0.589. The van der Waals surface area contributed by atoms with Gasteiger partial charge in [-0.2, -0.15) is 5.10 Å². The van der Waals surface area contributed by atoms with Crippen molar-refractivity contribution in [2.75, 3.05) is 6.54 Å². The second kappa shape index (κ2) is 5.76. The highest BCUT2D eigenvalue weighted by molar-refractivity contribution is 6.30. The van der Waals surface area contributed by atoms with Crippen LogP contribution in [0.25, 0.3) is 5.69 Å². The van der Waals surface area contributed by atoms with Gasteiger partial charge in [0.25, 0.3) is 0 Å². The summed E-state index contributed by atoms with van der Waals surface area (Å²) in [5, 5.41) is 5.35. The second-order valence-corrected chi connectivity index (χ2v) is 5.52. The van der Waals surface area contributed by atoms with Crippen LogP contribution in [0.2, 0.25) is 5.02 Å². The third-order valence-electron chi connectivity index (χ3n) is 3.45. The van der Waals surface area contributed by atoms with Gasteiger partial charge in [-0.25, -0.2) is 4.68 Å². The minimum Gasteiger partial charge on any atom is -0.330 e. The molecule has 0 fully saturated rings. The van der Waals surface area contributed by atoms with Gasteiger partial charge in [-0.1, -0.05) is 24.6 Å². The van der Waals surface area contributed by atoms with Gasteiger partial charge in [0.05, 0.1) is 11.4 Å². The van der Waals surface area contributed by atoms with Gasteiger partial charge >= 0.3 is 0 Å². The van der Waals surface area contributed by atoms with Gasteiger partial charge in [0.2, 0.25) is 0 Å². The van der Waals surface area contributed by atoms with Crippen LogP contribution in [0.4, 0.5) is 0 Å². The highest BCUT2D eigenvalue weighted by Gasteiger charge is 2.14. The quantitative estimate of drug-likeness (QED) is 0.932. The average Bonchev–Trinajstić information content (AvgIpc) is 2.66. The molecule has 3 nitrogen and oxygen atoms in total. The summed E-state index contributed by atoms with van der Waals surface area (Å²) >= 11 is 6.04. The van der Waals surface area contributed by atoms with Crippen LogP contribution in [-0.2, 0) is 6.42 Å². The number of nitrogens with zero attached hydrogens (tertiary/aromatic N) is 2. The predicted molar refractivity (Wildman–Crippen MR) is 80.0 cm³/mol. The van der Waals surface area contributed by atoms with E-state index in [1.807, 2.05) is 35.9 Å². The Labute approximate surface area is 119 Å². The van der Waals surface area contributed by atoms with Gasteiger partial charge in [0.1, 0.15) is 0 Å². The lowest BCUT2D eigenvalue weighted by Crippen LogP contribution is -2.14. The normalized spacial score (nSPS) is 12.7. The summed E-state index contributed by atoms with van der Waals surface area (Å²) in [7, 11) is 0. The zero-order valence-corrected chi connectivity index (χ0v) is 12.4. The molecule has 19 heavy (non-hydrogen) atoms. The van der Waals surface area contributed by atoms with E-state index in [9.17, 15) is 0 Å². The number of benzene rings is 1. The van der Waals surface area contributed by atoms with E-state index in [0.717, 1.165) is 22.8 Å². The van der Waals surface area contributed by atoms with Gasteiger partial charge in [-0.15, -0.1) is 0 Å². The Hall–Kier alpha value is -1.32. The summed E-state index contributed by atoms with van der Waals surface area (Å²) in [6.45, 7) is 7.00. The predicted octanol–water partition coefficient (Wildman–Crippen LogP) is 3.28. The highest BCUT2D eigenvalue weighted by atomic mass is 35.5. The summed E-state index contributed by atoms with van der Waals surface area (Å²) < 4.78 is 1.96. The molecule has 0 bridgehead atoms. The van der Waals surface area contributed by atoms with Crippen molar-refractivity contribution in [1.82, 2.24) is 9.78 Å². The van der Waals surface area contributed by atoms with Crippen molar-refractivity contribution in [2.45, 2.75) is 27.2 Å². The number of rotatable bonds is 4. The zero-order chi connectivity index (χ0) is 14.0. The van der Waals surface area contributed by atoms with E-state index in [2.05, 4.69) is 18.9 Å². The maximum absolute atomic E-state index is 6.04. The van der Waals surface area contributed by atoms with E-state index in [-0.39, 0.29) is 0 Å². The lowest BCUT2D eigenvalue weighted by atomic mass is 10.00. The largest absolute Gasteiger partial charge is 0.330 e. The first-order chi connectivity index (χ1) is 9.02. The summed E-state index contributed by atoms with van der Waals surface area (Å²) in [6, 6.07) is 7.75. The Bertz CT molecular complexity index is 575. The molecule has 2 rings (SSSR count). The SMILES string of the molecule is Cc1nn(-c2cccc(Cl)c2)c(C)c1CC(C)CN. The van der Waals surface area contributed by atoms with Crippen LogP contribution in [0.3, 0.4) is 0 Å². The summed E-state index contributed by atoms with van der Waals surface area (Å²) in [4.78, 5) is 0. The molecule has 0 spiro atoms. The maximum Gasteiger partial charge on any atom is 0.0663 e. The Morgan fingerprint density at radius 1 is 1.37 bits per heavy atom. The zero-order valence-electron chi connectivity index (χ0n) is 11.7. The van der Waals surface area contributed by atoms with Crippen LogP contribution >= 0.6 is 11.6 Å². The van der Waals surface area contributed by atoms with Crippen LogP contribution in [0, 0.1) is 19.8 Å². The molecule has 0 aliphatic rings. The van der Waals surface area contributed by atoms with Gasteiger partial charge in [-0.3, -0.25) is 0 Å². The first-order valence-corrected chi connectivity index (χ1v) is 6.91. The molecule has 0 saturated carbocycles. The van der Waals surface area contributed by atoms with E-state index in [1.165, 1.54) is 11.3 Å². The monoisotopic (exact) mass is 277 g/mol. The van der Waals surface area contributed by atoms with E-state index < -0.39 is 0 Å². The molecule has 4 heteroatoms.